The highest BCUT2D eigenvalue weighted by Crippen LogP contribution is 2.33. The van der Waals surface area contributed by atoms with Crippen LogP contribution in [-0.4, -0.2) is 66.9 Å². The predicted molar refractivity (Wildman–Crippen MR) is 64.8 cm³/mol. The largest absolute Gasteiger partial charge is 0.492 e. The van der Waals surface area contributed by atoms with Crippen molar-refractivity contribution in [3.05, 3.63) is 12.7 Å². The van der Waals surface area contributed by atoms with E-state index in [2.05, 4.69) is 15.0 Å². The van der Waals surface area contributed by atoms with Gasteiger partial charge in [0.15, 0.2) is 17.4 Å². The third-order valence-electron chi connectivity index (χ3n) is 3.38. The Morgan fingerprint density at radius 2 is 2.20 bits per heavy atom. The molecule has 20 heavy (non-hydrogen) atoms. The molecule has 0 bridgehead atoms. The van der Waals surface area contributed by atoms with Gasteiger partial charge in [0.2, 0.25) is 5.88 Å². The Bertz CT molecular complexity index is 618. The minimum atomic E-state index is -0.970. The van der Waals surface area contributed by atoms with E-state index in [4.69, 9.17) is 9.47 Å². The first-order valence-electron chi connectivity index (χ1n) is 6.01. The second-order valence-electron chi connectivity index (χ2n) is 4.46. The van der Waals surface area contributed by atoms with Gasteiger partial charge in [-0.05, 0) is 0 Å². The molecule has 0 aliphatic carbocycles. The molecule has 0 amide bonds. The van der Waals surface area contributed by atoms with Crippen molar-refractivity contribution in [3.8, 4) is 5.88 Å². The van der Waals surface area contributed by atoms with Crippen molar-refractivity contribution in [1.82, 2.24) is 19.5 Å². The fourth-order valence-electron chi connectivity index (χ4n) is 2.37. The van der Waals surface area contributed by atoms with E-state index in [9.17, 15) is 15.3 Å². The van der Waals surface area contributed by atoms with Gasteiger partial charge in [-0.25, -0.2) is 9.97 Å². The highest BCUT2D eigenvalue weighted by molar-refractivity contribution is 5.75. The summed E-state index contributed by atoms with van der Waals surface area (Å²) in [4.78, 5) is 11.7. The van der Waals surface area contributed by atoms with Crippen molar-refractivity contribution in [2.75, 3.05) is 13.7 Å². The molecule has 0 saturated carbocycles. The van der Waals surface area contributed by atoms with E-state index < -0.39 is 24.5 Å². The molecule has 0 radical (unpaired) electrons. The van der Waals surface area contributed by atoms with Crippen molar-refractivity contribution in [2.24, 2.45) is 0 Å². The third-order valence-corrected chi connectivity index (χ3v) is 3.38. The summed E-state index contributed by atoms with van der Waals surface area (Å²) in [5.74, 6) is -0.236. The van der Waals surface area contributed by atoms with Crippen LogP contribution < -0.4 is 0 Å². The topological polar surface area (TPSA) is 123 Å². The van der Waals surface area contributed by atoms with Gasteiger partial charge < -0.3 is 24.8 Å². The molecule has 1 aliphatic heterocycles. The normalized spacial score (nSPS) is 30.1. The molecule has 2 unspecified atom stereocenters. The molecule has 2 aromatic rings. The lowest BCUT2D eigenvalue weighted by Crippen LogP contribution is -2.34. The molecule has 3 N–H and O–H groups in total. The van der Waals surface area contributed by atoms with Gasteiger partial charge in [0.05, 0.1) is 12.9 Å². The second-order valence-corrected chi connectivity index (χ2v) is 4.46. The number of rotatable bonds is 3. The number of aliphatic hydroxyl groups is 2. The summed E-state index contributed by atoms with van der Waals surface area (Å²) in [5.41, 5.74) is 0.586. The van der Waals surface area contributed by atoms with Crippen molar-refractivity contribution in [2.45, 2.75) is 24.5 Å². The van der Waals surface area contributed by atoms with Crippen molar-refractivity contribution in [3.63, 3.8) is 0 Å². The van der Waals surface area contributed by atoms with Crippen LogP contribution in [0.5, 0.6) is 5.88 Å². The summed E-state index contributed by atoms with van der Waals surface area (Å²) < 4.78 is 12.3. The van der Waals surface area contributed by atoms with Crippen molar-refractivity contribution >= 4 is 11.2 Å². The van der Waals surface area contributed by atoms with Gasteiger partial charge in [0.25, 0.3) is 0 Å². The van der Waals surface area contributed by atoms with Gasteiger partial charge >= 0.3 is 0 Å². The first-order valence-corrected chi connectivity index (χ1v) is 6.01. The molecule has 3 rings (SSSR count). The Labute approximate surface area is 113 Å². The van der Waals surface area contributed by atoms with Crippen LogP contribution in [0.3, 0.4) is 0 Å². The summed E-state index contributed by atoms with van der Waals surface area (Å²) in [7, 11) is 1.44. The number of methoxy groups -OCH3 is 1. The fraction of sp³-hybridized carbons (Fsp3) is 0.545. The third kappa shape index (κ3) is 1.83. The Hall–Kier alpha value is -1.81. The van der Waals surface area contributed by atoms with E-state index in [1.54, 1.807) is 0 Å². The van der Waals surface area contributed by atoms with Crippen LogP contribution >= 0.6 is 0 Å². The Balaban J connectivity index is 2.04. The van der Waals surface area contributed by atoms with Crippen LogP contribution in [0.1, 0.15) is 6.23 Å². The zero-order valence-electron chi connectivity index (χ0n) is 10.6. The van der Waals surface area contributed by atoms with Gasteiger partial charge in [0.1, 0.15) is 24.6 Å². The molecule has 1 saturated heterocycles. The Morgan fingerprint density at radius 3 is 2.90 bits per heavy atom. The maximum absolute atomic E-state index is 10.0. The lowest BCUT2D eigenvalue weighted by molar-refractivity contribution is -0.0583. The van der Waals surface area contributed by atoms with Crippen LogP contribution in [0.4, 0.5) is 0 Å². The van der Waals surface area contributed by atoms with Crippen LogP contribution in [0.25, 0.3) is 11.2 Å². The van der Waals surface area contributed by atoms with Crippen LogP contribution in [0, 0.1) is 0 Å². The zero-order chi connectivity index (χ0) is 14.3. The van der Waals surface area contributed by atoms with Gasteiger partial charge in [-0.15, -0.1) is 0 Å². The van der Waals surface area contributed by atoms with Gasteiger partial charge in [0, 0.05) is 7.11 Å². The van der Waals surface area contributed by atoms with Gasteiger partial charge in [-0.2, -0.15) is 4.98 Å². The number of aromatic nitrogens is 4. The minimum Gasteiger partial charge on any atom is -0.492 e. The number of ether oxygens (including phenoxy) is 2. The van der Waals surface area contributed by atoms with Gasteiger partial charge in [-0.1, -0.05) is 0 Å². The molecule has 2 aromatic heterocycles. The number of imidazole rings is 1. The van der Waals surface area contributed by atoms with Crippen LogP contribution in [-0.2, 0) is 9.47 Å². The number of fused-ring (bicyclic) bond motifs is 1. The Morgan fingerprint density at radius 1 is 1.40 bits per heavy atom. The van der Waals surface area contributed by atoms with Crippen molar-refractivity contribution in [1.29, 1.82) is 0 Å². The van der Waals surface area contributed by atoms with E-state index in [0.717, 1.165) is 0 Å². The van der Waals surface area contributed by atoms with E-state index >= 15 is 0 Å². The highest BCUT2D eigenvalue weighted by Gasteiger charge is 2.45. The summed E-state index contributed by atoms with van der Waals surface area (Å²) in [6.45, 7) is -0.329. The number of aromatic hydroxyl groups is 1. The SMILES string of the molecule is COC1C(O)[C@@H](CO)O[C@H]1n1cnc2c(O)ncnc21. The summed E-state index contributed by atoms with van der Waals surface area (Å²) in [5, 5.41) is 28.8. The number of nitrogens with zero attached hydrogens (tertiary/aromatic N) is 4. The molecule has 1 aliphatic rings. The van der Waals surface area contributed by atoms with Crippen LogP contribution in [0.15, 0.2) is 12.7 Å². The number of hydrogen-bond acceptors (Lipinski definition) is 8. The predicted octanol–water partition coefficient (Wildman–Crippen LogP) is -1.20. The molecular weight excluding hydrogens is 268 g/mol. The van der Waals surface area contributed by atoms with E-state index in [0.29, 0.717) is 5.65 Å². The minimum absolute atomic E-state index is 0.230. The lowest BCUT2D eigenvalue weighted by atomic mass is 10.1. The van der Waals surface area contributed by atoms with E-state index in [1.807, 2.05) is 0 Å². The molecule has 3 heterocycles. The molecule has 0 aromatic carbocycles. The Kier molecular flexibility index (Phi) is 3.26. The number of aliphatic hydroxyl groups excluding tert-OH is 2. The molecule has 108 valence electrons. The first-order chi connectivity index (χ1) is 9.67. The summed E-state index contributed by atoms with van der Waals surface area (Å²) >= 11 is 0. The second kappa shape index (κ2) is 4.94. The smallest absolute Gasteiger partial charge is 0.242 e. The summed E-state index contributed by atoms with van der Waals surface area (Å²) in [6, 6.07) is 0. The standard InChI is InChI=1S/C11H14N4O5/c1-19-8-7(17)5(2-16)20-11(8)15-4-14-6-9(15)12-3-13-10(6)18/h3-5,7-8,11,16-17H,2H2,1H3,(H,12,13,18)/t5-,7?,8?,11-/m1/s1. The summed E-state index contributed by atoms with van der Waals surface area (Å²) in [6.07, 6.45) is -0.483. The molecule has 0 spiro atoms. The monoisotopic (exact) mass is 282 g/mol. The quantitative estimate of drug-likeness (QED) is 0.641. The zero-order valence-corrected chi connectivity index (χ0v) is 10.6. The van der Waals surface area contributed by atoms with Gasteiger partial charge in [-0.3, -0.25) is 4.57 Å². The van der Waals surface area contributed by atoms with E-state index in [-0.39, 0.29) is 18.0 Å². The maximum Gasteiger partial charge on any atom is 0.242 e. The van der Waals surface area contributed by atoms with Crippen LogP contribution in [0.2, 0.25) is 0 Å². The lowest BCUT2D eigenvalue weighted by Gasteiger charge is -2.19. The van der Waals surface area contributed by atoms with E-state index in [1.165, 1.54) is 24.3 Å². The fourth-order valence-corrected chi connectivity index (χ4v) is 2.37. The molecular formula is C11H14N4O5. The molecule has 9 heteroatoms. The number of hydrogen-bond donors (Lipinski definition) is 3. The first kappa shape index (κ1) is 13.2. The molecule has 9 nitrogen and oxygen atoms in total. The average Bonchev–Trinajstić information content (AvgIpc) is 3.00. The van der Waals surface area contributed by atoms with Crippen molar-refractivity contribution < 1.29 is 24.8 Å². The maximum atomic E-state index is 10.0. The molecule has 1 fully saturated rings. The average molecular weight is 282 g/mol. The molecule has 4 atom stereocenters. The highest BCUT2D eigenvalue weighted by atomic mass is 16.6.